The van der Waals surface area contributed by atoms with E-state index < -0.39 is 0 Å². The van der Waals surface area contributed by atoms with Gasteiger partial charge in [0.1, 0.15) is 5.75 Å². The Morgan fingerprint density at radius 3 is 2.21 bits per heavy atom. The Balaban J connectivity index is 2.35. The van der Waals surface area contributed by atoms with Crippen molar-refractivity contribution in [2.45, 2.75) is 11.8 Å². The number of rotatable bonds is 3. The molecule has 0 aliphatic heterocycles. The number of halogens is 3. The highest BCUT2D eigenvalue weighted by atomic mass is 79.9. The molecule has 4 heteroatoms. The van der Waals surface area contributed by atoms with Gasteiger partial charge < -0.3 is 4.74 Å². The Morgan fingerprint density at radius 2 is 1.63 bits per heavy atom. The molecule has 0 heterocycles. The van der Waals surface area contributed by atoms with Crippen molar-refractivity contribution in [3.05, 3.63) is 63.1 Å². The highest BCUT2D eigenvalue weighted by Gasteiger charge is 2.13. The van der Waals surface area contributed by atoms with Crippen molar-refractivity contribution in [2.75, 3.05) is 7.11 Å². The molecule has 0 saturated heterocycles. The number of benzene rings is 2. The minimum absolute atomic E-state index is 0.0758. The molecule has 0 amide bonds. The number of aryl methyl sites for hydroxylation is 1. The van der Waals surface area contributed by atoms with Crippen molar-refractivity contribution in [3.8, 4) is 5.75 Å². The summed E-state index contributed by atoms with van der Waals surface area (Å²) in [5, 5.41) is 1.38. The van der Waals surface area contributed by atoms with Crippen LogP contribution in [0.15, 0.2) is 36.4 Å². The molecule has 19 heavy (non-hydrogen) atoms. The predicted octanol–water partition coefficient (Wildman–Crippen LogP) is 5.79. The number of alkyl halides is 1. The number of hydrogen-bond donors (Lipinski definition) is 0. The smallest absolute Gasteiger partial charge is 0.137 e. The summed E-state index contributed by atoms with van der Waals surface area (Å²) in [6.45, 7) is 1.99. The zero-order valence-electron chi connectivity index (χ0n) is 10.6. The highest BCUT2D eigenvalue weighted by Crippen LogP contribution is 2.36. The zero-order chi connectivity index (χ0) is 14.0. The molecule has 0 N–H and O–H groups in total. The molecular formula is C15H13BrCl2O. The summed E-state index contributed by atoms with van der Waals surface area (Å²) < 4.78 is 5.16. The highest BCUT2D eigenvalue weighted by molar-refractivity contribution is 9.09. The van der Waals surface area contributed by atoms with Crippen LogP contribution in [0.25, 0.3) is 0 Å². The molecule has 0 fully saturated rings. The maximum absolute atomic E-state index is 6.15. The first-order valence-electron chi connectivity index (χ1n) is 5.76. The van der Waals surface area contributed by atoms with E-state index in [1.165, 1.54) is 0 Å². The number of hydrogen-bond acceptors (Lipinski definition) is 1. The SMILES string of the molecule is COc1ccc(C(Br)c2ccc(Cl)c(C)c2)cc1Cl. The Labute approximate surface area is 131 Å². The van der Waals surface area contributed by atoms with Gasteiger partial charge >= 0.3 is 0 Å². The molecule has 0 aliphatic rings. The number of methoxy groups -OCH3 is 1. The lowest BCUT2D eigenvalue weighted by atomic mass is 10.0. The average molecular weight is 360 g/mol. The molecule has 0 radical (unpaired) electrons. The van der Waals surface area contributed by atoms with E-state index in [0.717, 1.165) is 21.7 Å². The monoisotopic (exact) mass is 358 g/mol. The van der Waals surface area contributed by atoms with Crippen LogP contribution in [0.4, 0.5) is 0 Å². The fraction of sp³-hybridized carbons (Fsp3) is 0.200. The van der Waals surface area contributed by atoms with E-state index in [9.17, 15) is 0 Å². The molecule has 0 aromatic heterocycles. The Kier molecular flexibility index (Phi) is 4.77. The largest absolute Gasteiger partial charge is 0.495 e. The molecule has 2 aromatic carbocycles. The Morgan fingerprint density at radius 1 is 1.00 bits per heavy atom. The summed E-state index contributed by atoms with van der Waals surface area (Å²) in [4.78, 5) is 0.0758. The van der Waals surface area contributed by atoms with Crippen LogP contribution in [0.5, 0.6) is 5.75 Å². The summed E-state index contributed by atoms with van der Waals surface area (Å²) in [6.07, 6.45) is 0. The van der Waals surface area contributed by atoms with E-state index in [-0.39, 0.29) is 4.83 Å². The average Bonchev–Trinajstić information content (AvgIpc) is 2.41. The topological polar surface area (TPSA) is 9.23 Å². The molecule has 1 nitrogen and oxygen atoms in total. The lowest BCUT2D eigenvalue weighted by Crippen LogP contribution is -1.94. The third kappa shape index (κ3) is 3.25. The van der Waals surface area contributed by atoms with Gasteiger partial charge in [-0.15, -0.1) is 0 Å². The van der Waals surface area contributed by atoms with Crippen molar-refractivity contribution in [1.29, 1.82) is 0 Å². The lowest BCUT2D eigenvalue weighted by molar-refractivity contribution is 0.415. The van der Waals surface area contributed by atoms with Gasteiger partial charge in [-0.2, -0.15) is 0 Å². The van der Waals surface area contributed by atoms with E-state index in [1.807, 2.05) is 37.3 Å². The van der Waals surface area contributed by atoms with E-state index in [0.29, 0.717) is 10.8 Å². The van der Waals surface area contributed by atoms with Crippen LogP contribution in [0.1, 0.15) is 21.5 Å². The summed E-state index contributed by atoms with van der Waals surface area (Å²) in [6, 6.07) is 11.8. The normalized spacial score (nSPS) is 12.3. The molecule has 0 saturated carbocycles. The van der Waals surface area contributed by atoms with Crippen molar-refractivity contribution >= 4 is 39.1 Å². The Hall–Kier alpha value is -0.700. The van der Waals surface area contributed by atoms with Crippen molar-refractivity contribution in [3.63, 3.8) is 0 Å². The second kappa shape index (κ2) is 6.17. The summed E-state index contributed by atoms with van der Waals surface area (Å²) in [7, 11) is 1.61. The van der Waals surface area contributed by atoms with Gasteiger partial charge in [-0.3, -0.25) is 0 Å². The van der Waals surface area contributed by atoms with Gasteiger partial charge in [-0.1, -0.05) is 57.3 Å². The van der Waals surface area contributed by atoms with Gasteiger partial charge in [0.2, 0.25) is 0 Å². The molecule has 100 valence electrons. The third-order valence-electron chi connectivity index (χ3n) is 2.94. The van der Waals surface area contributed by atoms with E-state index >= 15 is 0 Å². The van der Waals surface area contributed by atoms with Crippen LogP contribution in [-0.4, -0.2) is 7.11 Å². The van der Waals surface area contributed by atoms with Gasteiger partial charge in [-0.25, -0.2) is 0 Å². The summed E-state index contributed by atoms with van der Waals surface area (Å²) in [5.74, 6) is 0.678. The molecule has 2 aromatic rings. The van der Waals surface area contributed by atoms with Crippen LogP contribution in [0, 0.1) is 6.92 Å². The quantitative estimate of drug-likeness (QED) is 0.629. The van der Waals surface area contributed by atoms with Gasteiger partial charge in [-0.05, 0) is 41.8 Å². The number of ether oxygens (including phenoxy) is 1. The van der Waals surface area contributed by atoms with E-state index in [2.05, 4.69) is 22.0 Å². The van der Waals surface area contributed by atoms with E-state index in [4.69, 9.17) is 27.9 Å². The third-order valence-corrected chi connectivity index (χ3v) is 4.72. The second-order valence-electron chi connectivity index (χ2n) is 4.27. The molecule has 0 aliphatic carbocycles. The van der Waals surface area contributed by atoms with Crippen LogP contribution in [-0.2, 0) is 0 Å². The van der Waals surface area contributed by atoms with Crippen LogP contribution < -0.4 is 4.74 Å². The van der Waals surface area contributed by atoms with E-state index in [1.54, 1.807) is 7.11 Å². The fourth-order valence-electron chi connectivity index (χ4n) is 1.86. The maximum atomic E-state index is 6.15. The second-order valence-corrected chi connectivity index (χ2v) is 6.00. The molecule has 1 unspecified atom stereocenters. The Bertz CT molecular complexity index is 599. The molecule has 0 spiro atoms. The molecule has 1 atom stereocenters. The maximum Gasteiger partial charge on any atom is 0.137 e. The summed E-state index contributed by atoms with van der Waals surface area (Å²) >= 11 is 15.9. The summed E-state index contributed by atoms with van der Waals surface area (Å²) in [5.41, 5.74) is 3.28. The molecular weight excluding hydrogens is 347 g/mol. The first kappa shape index (κ1) is 14.7. The van der Waals surface area contributed by atoms with Crippen molar-refractivity contribution < 1.29 is 4.74 Å². The standard InChI is InChI=1S/C15H13BrCl2O/c1-9-7-10(3-5-12(9)17)15(16)11-4-6-14(19-2)13(18)8-11/h3-8,15H,1-2H3. The first-order chi connectivity index (χ1) is 9.02. The van der Waals surface area contributed by atoms with Crippen molar-refractivity contribution in [2.24, 2.45) is 0 Å². The van der Waals surface area contributed by atoms with Crippen molar-refractivity contribution in [1.82, 2.24) is 0 Å². The van der Waals surface area contributed by atoms with Gasteiger partial charge in [0.25, 0.3) is 0 Å². The minimum Gasteiger partial charge on any atom is -0.495 e. The van der Waals surface area contributed by atoms with Gasteiger partial charge in [0, 0.05) is 5.02 Å². The molecule has 2 rings (SSSR count). The predicted molar refractivity (Wildman–Crippen MR) is 85.0 cm³/mol. The van der Waals surface area contributed by atoms with Crippen LogP contribution >= 0.6 is 39.1 Å². The fourth-order valence-corrected chi connectivity index (χ4v) is 2.81. The zero-order valence-corrected chi connectivity index (χ0v) is 13.7. The van der Waals surface area contributed by atoms with Gasteiger partial charge in [0.05, 0.1) is 17.0 Å². The minimum atomic E-state index is 0.0758. The molecule has 0 bridgehead atoms. The lowest BCUT2D eigenvalue weighted by Gasteiger charge is -2.13. The first-order valence-corrected chi connectivity index (χ1v) is 7.43. The van der Waals surface area contributed by atoms with Gasteiger partial charge in [0.15, 0.2) is 0 Å². The van der Waals surface area contributed by atoms with Crippen LogP contribution in [0.3, 0.4) is 0 Å². The van der Waals surface area contributed by atoms with Crippen LogP contribution in [0.2, 0.25) is 10.0 Å².